The lowest BCUT2D eigenvalue weighted by atomic mass is 10.0. The largest absolute Gasteiger partial charge is 0.744 e. The Morgan fingerprint density at radius 2 is 1.10 bits per heavy atom. The van der Waals surface area contributed by atoms with Crippen LogP contribution in [-0.2, 0) is 16.5 Å². The van der Waals surface area contributed by atoms with E-state index in [9.17, 15) is 13.0 Å². The van der Waals surface area contributed by atoms with E-state index in [-0.39, 0.29) is 4.90 Å². The molecule has 2 aromatic rings. The van der Waals surface area contributed by atoms with Crippen LogP contribution in [0, 0.1) is 13.8 Å². The first kappa shape index (κ1) is 37.3. The molecule has 2 aromatic carbocycles. The quantitative estimate of drug-likeness (QED) is 0.0830. The standard InChI is InChI=1S/C28H52N.C8H10O3S/c1-4-5-6-7-8-9-10-11-12-13-14-15-16-17-18-22-26-29(2,3)27-25-28-23-20-19-21-24-28;1-6-3-4-8(7(2)5-6)12(9,10)11/h19-21,23-24H,4-18,22,25-27H2,1-3H3;3-5H,1-2H3,(H,9,10,11)/q+1;/p-1. The second-order valence-corrected chi connectivity index (χ2v) is 14.0. The van der Waals surface area contributed by atoms with Gasteiger partial charge in [0.05, 0.1) is 32.1 Å². The summed E-state index contributed by atoms with van der Waals surface area (Å²) in [5.74, 6) is 0. The van der Waals surface area contributed by atoms with Crippen LogP contribution in [0.5, 0.6) is 0 Å². The Labute approximate surface area is 254 Å². The summed E-state index contributed by atoms with van der Waals surface area (Å²) < 4.78 is 33.0. The molecule has 0 fully saturated rings. The van der Waals surface area contributed by atoms with Gasteiger partial charge in [-0.05, 0) is 43.9 Å². The second kappa shape index (κ2) is 21.9. The zero-order valence-electron chi connectivity index (χ0n) is 27.1. The number of quaternary nitrogens is 1. The number of benzene rings is 2. The highest BCUT2D eigenvalue weighted by Gasteiger charge is 2.14. The van der Waals surface area contributed by atoms with Crippen LogP contribution in [-0.4, -0.2) is 44.6 Å². The lowest BCUT2D eigenvalue weighted by molar-refractivity contribution is -0.890. The van der Waals surface area contributed by atoms with Gasteiger partial charge in [0.25, 0.3) is 0 Å². The second-order valence-electron chi connectivity index (χ2n) is 12.6. The summed E-state index contributed by atoms with van der Waals surface area (Å²) in [4.78, 5) is -0.131. The molecule has 0 aromatic heterocycles. The third kappa shape index (κ3) is 20.0. The third-order valence-corrected chi connectivity index (χ3v) is 9.06. The van der Waals surface area contributed by atoms with Crippen molar-refractivity contribution in [2.45, 2.75) is 135 Å². The average Bonchev–Trinajstić information content (AvgIpc) is 2.92. The van der Waals surface area contributed by atoms with E-state index in [4.69, 9.17) is 0 Å². The topological polar surface area (TPSA) is 57.2 Å². The highest BCUT2D eigenvalue weighted by molar-refractivity contribution is 7.85. The Hall–Kier alpha value is -1.69. The maximum atomic E-state index is 10.6. The molecular formula is C36H61NO3S. The molecule has 2 rings (SSSR count). The first-order valence-corrected chi connectivity index (χ1v) is 17.8. The molecule has 5 heteroatoms. The first-order chi connectivity index (χ1) is 19.5. The van der Waals surface area contributed by atoms with Crippen LogP contribution < -0.4 is 0 Å². The van der Waals surface area contributed by atoms with Gasteiger partial charge in [-0.3, -0.25) is 0 Å². The zero-order chi connectivity index (χ0) is 30.4. The molecule has 0 saturated heterocycles. The van der Waals surface area contributed by atoms with Crippen molar-refractivity contribution < 1.29 is 17.5 Å². The number of unbranched alkanes of at least 4 members (excludes halogenated alkanes) is 15. The van der Waals surface area contributed by atoms with E-state index >= 15 is 0 Å². The molecule has 0 aliphatic heterocycles. The van der Waals surface area contributed by atoms with Crippen LogP contribution in [0.1, 0.15) is 126 Å². The van der Waals surface area contributed by atoms with E-state index < -0.39 is 10.1 Å². The van der Waals surface area contributed by atoms with Gasteiger partial charge < -0.3 is 9.04 Å². The van der Waals surface area contributed by atoms with Crippen molar-refractivity contribution in [1.29, 1.82) is 0 Å². The fraction of sp³-hybridized carbons (Fsp3) is 0.667. The van der Waals surface area contributed by atoms with Gasteiger partial charge in [-0.15, -0.1) is 0 Å². The lowest BCUT2D eigenvalue weighted by Crippen LogP contribution is -2.42. The van der Waals surface area contributed by atoms with Crippen LogP contribution in [0.4, 0.5) is 0 Å². The van der Waals surface area contributed by atoms with Crippen LogP contribution in [0.25, 0.3) is 0 Å². The fourth-order valence-corrected chi connectivity index (χ4v) is 6.04. The summed E-state index contributed by atoms with van der Waals surface area (Å²) in [6, 6.07) is 15.6. The van der Waals surface area contributed by atoms with Gasteiger partial charge in [0, 0.05) is 6.42 Å². The van der Waals surface area contributed by atoms with Crippen LogP contribution in [0.3, 0.4) is 0 Å². The summed E-state index contributed by atoms with van der Waals surface area (Å²) >= 11 is 0. The normalized spacial score (nSPS) is 11.8. The van der Waals surface area contributed by atoms with Gasteiger partial charge in [-0.2, -0.15) is 0 Å². The molecule has 0 bridgehead atoms. The predicted octanol–water partition coefficient (Wildman–Crippen LogP) is 9.77. The van der Waals surface area contributed by atoms with E-state index in [1.807, 2.05) is 6.92 Å². The Balaban J connectivity index is 0.000000580. The maximum Gasteiger partial charge on any atom is 0.124 e. The van der Waals surface area contributed by atoms with Gasteiger partial charge in [-0.25, -0.2) is 8.42 Å². The highest BCUT2D eigenvalue weighted by Crippen LogP contribution is 2.16. The predicted molar refractivity (Wildman–Crippen MR) is 175 cm³/mol. The van der Waals surface area contributed by atoms with E-state index in [0.29, 0.717) is 5.56 Å². The Morgan fingerprint density at radius 1 is 0.634 bits per heavy atom. The molecule has 0 radical (unpaired) electrons. The Kier molecular flexibility index (Phi) is 20.0. The van der Waals surface area contributed by atoms with Gasteiger partial charge >= 0.3 is 0 Å². The molecule has 41 heavy (non-hydrogen) atoms. The zero-order valence-corrected chi connectivity index (χ0v) is 28.0. The molecule has 0 unspecified atom stereocenters. The number of aryl methyl sites for hydroxylation is 2. The van der Waals surface area contributed by atoms with E-state index in [2.05, 4.69) is 51.4 Å². The highest BCUT2D eigenvalue weighted by atomic mass is 32.2. The SMILES string of the molecule is CCCCCCCCCCCCCCCCCC[N+](C)(C)CCc1ccccc1.Cc1ccc(S(=O)(=O)[O-])c(C)c1. The molecule has 0 spiro atoms. The molecule has 234 valence electrons. The molecular weight excluding hydrogens is 526 g/mol. The smallest absolute Gasteiger partial charge is 0.124 e. The van der Waals surface area contributed by atoms with Crippen molar-refractivity contribution in [3.63, 3.8) is 0 Å². The molecule has 0 aliphatic carbocycles. The molecule has 0 N–H and O–H groups in total. The third-order valence-electron chi connectivity index (χ3n) is 8.07. The monoisotopic (exact) mass is 587 g/mol. The number of hydrogen-bond donors (Lipinski definition) is 0. The lowest BCUT2D eigenvalue weighted by Gasteiger charge is -2.30. The number of rotatable bonds is 21. The van der Waals surface area contributed by atoms with Crippen LogP contribution in [0.2, 0.25) is 0 Å². The molecule has 0 atom stereocenters. The first-order valence-electron chi connectivity index (χ1n) is 16.4. The van der Waals surface area contributed by atoms with E-state index in [1.165, 1.54) is 134 Å². The van der Waals surface area contributed by atoms with Gasteiger partial charge in [0.2, 0.25) is 0 Å². The van der Waals surface area contributed by atoms with Gasteiger partial charge in [0.15, 0.2) is 0 Å². The van der Waals surface area contributed by atoms with Crippen molar-refractivity contribution in [3.05, 3.63) is 65.2 Å². The minimum absolute atomic E-state index is 0.131. The molecule has 0 aliphatic rings. The average molecular weight is 588 g/mol. The minimum atomic E-state index is -4.30. The summed E-state index contributed by atoms with van der Waals surface area (Å²) in [5, 5.41) is 0. The Bertz CT molecular complexity index is 1020. The summed E-state index contributed by atoms with van der Waals surface area (Å²) in [7, 11) is 0.494. The van der Waals surface area contributed by atoms with Crippen LogP contribution >= 0.6 is 0 Å². The van der Waals surface area contributed by atoms with Crippen molar-refractivity contribution in [1.82, 2.24) is 0 Å². The summed E-state index contributed by atoms with van der Waals surface area (Å²) in [5.41, 5.74) is 2.93. The summed E-state index contributed by atoms with van der Waals surface area (Å²) in [6.45, 7) is 8.33. The van der Waals surface area contributed by atoms with E-state index in [0.717, 1.165) is 10.0 Å². The molecule has 0 saturated carbocycles. The minimum Gasteiger partial charge on any atom is -0.744 e. The molecule has 0 amide bonds. The number of likely N-dealkylation sites (N-methyl/N-ethyl adjacent to an activating group) is 1. The van der Waals surface area contributed by atoms with Gasteiger partial charge in [0.1, 0.15) is 10.1 Å². The molecule has 4 nitrogen and oxygen atoms in total. The van der Waals surface area contributed by atoms with Crippen molar-refractivity contribution in [2.75, 3.05) is 27.2 Å². The van der Waals surface area contributed by atoms with Crippen molar-refractivity contribution >= 4 is 10.1 Å². The van der Waals surface area contributed by atoms with Crippen molar-refractivity contribution in [2.24, 2.45) is 0 Å². The molecule has 0 heterocycles. The van der Waals surface area contributed by atoms with Gasteiger partial charge in [-0.1, -0.05) is 145 Å². The van der Waals surface area contributed by atoms with E-state index in [1.54, 1.807) is 19.1 Å². The Morgan fingerprint density at radius 3 is 1.54 bits per heavy atom. The van der Waals surface area contributed by atoms with Crippen LogP contribution in [0.15, 0.2) is 53.4 Å². The van der Waals surface area contributed by atoms with Crippen molar-refractivity contribution in [3.8, 4) is 0 Å². The maximum absolute atomic E-state index is 10.6. The number of nitrogens with zero attached hydrogens (tertiary/aromatic N) is 1. The fourth-order valence-electron chi connectivity index (χ4n) is 5.36. The summed E-state index contributed by atoms with van der Waals surface area (Å²) in [6.07, 6.45) is 24.4. The number of hydrogen-bond acceptors (Lipinski definition) is 3.